The van der Waals surface area contributed by atoms with Gasteiger partial charge in [-0.05, 0) is 43.0 Å². The molecule has 1 aliphatic heterocycles. The Balaban J connectivity index is 2.11. The van der Waals surface area contributed by atoms with Crippen LogP contribution in [0.25, 0.3) is 0 Å². The number of hydrogen-bond donors (Lipinski definition) is 1. The van der Waals surface area contributed by atoms with Crippen molar-refractivity contribution in [3.8, 4) is 11.5 Å². The van der Waals surface area contributed by atoms with E-state index in [9.17, 15) is 4.39 Å². The van der Waals surface area contributed by atoms with Crippen LogP contribution >= 0.6 is 0 Å². The van der Waals surface area contributed by atoms with Gasteiger partial charge in [0, 0.05) is 12.0 Å². The molecule has 0 radical (unpaired) electrons. The zero-order valence-corrected chi connectivity index (χ0v) is 10.5. The maximum Gasteiger partial charge on any atom is 0.161 e. The molecule has 3 nitrogen and oxygen atoms in total. The number of nitrogens with two attached hydrogens (primary N) is 1. The van der Waals surface area contributed by atoms with E-state index in [2.05, 4.69) is 0 Å². The first-order valence-corrected chi connectivity index (χ1v) is 6.44. The van der Waals surface area contributed by atoms with Crippen molar-refractivity contribution in [3.05, 3.63) is 23.3 Å². The Morgan fingerprint density at radius 2 is 1.89 bits per heavy atom. The van der Waals surface area contributed by atoms with Crippen LogP contribution < -0.4 is 15.2 Å². The second-order valence-electron chi connectivity index (χ2n) is 5.18. The third-order valence-corrected chi connectivity index (χ3v) is 3.96. The summed E-state index contributed by atoms with van der Waals surface area (Å²) in [6.07, 6.45) is 1.05. The Kier molecular flexibility index (Phi) is 2.70. The van der Waals surface area contributed by atoms with Gasteiger partial charge in [0.1, 0.15) is 19.4 Å². The molecule has 0 aromatic heterocycles. The lowest BCUT2D eigenvalue weighted by Crippen LogP contribution is -2.23. The van der Waals surface area contributed by atoms with Gasteiger partial charge < -0.3 is 15.2 Å². The molecule has 1 unspecified atom stereocenters. The van der Waals surface area contributed by atoms with E-state index >= 15 is 0 Å². The molecule has 0 bridgehead atoms. The van der Waals surface area contributed by atoms with Crippen molar-refractivity contribution in [1.29, 1.82) is 0 Å². The summed E-state index contributed by atoms with van der Waals surface area (Å²) < 4.78 is 24.9. The molecule has 2 aliphatic rings. The van der Waals surface area contributed by atoms with E-state index in [0.29, 0.717) is 31.1 Å². The number of rotatable bonds is 3. The SMILES string of the molecule is CC(F)c1cc2c(cc1C1(CN)CC1)OCCO2. The minimum Gasteiger partial charge on any atom is -0.486 e. The van der Waals surface area contributed by atoms with Crippen LogP contribution in [-0.2, 0) is 5.41 Å². The molecule has 18 heavy (non-hydrogen) atoms. The monoisotopic (exact) mass is 251 g/mol. The summed E-state index contributed by atoms with van der Waals surface area (Å²) >= 11 is 0. The fourth-order valence-corrected chi connectivity index (χ4v) is 2.63. The van der Waals surface area contributed by atoms with Crippen LogP contribution in [0.3, 0.4) is 0 Å². The molecule has 0 spiro atoms. The van der Waals surface area contributed by atoms with Crippen molar-refractivity contribution in [2.45, 2.75) is 31.4 Å². The van der Waals surface area contributed by atoms with Gasteiger partial charge in [0.2, 0.25) is 0 Å². The summed E-state index contributed by atoms with van der Waals surface area (Å²) in [5.41, 5.74) is 7.52. The van der Waals surface area contributed by atoms with Gasteiger partial charge >= 0.3 is 0 Å². The third kappa shape index (κ3) is 1.75. The van der Waals surface area contributed by atoms with Crippen molar-refractivity contribution in [1.82, 2.24) is 0 Å². The molecule has 0 saturated heterocycles. The molecular formula is C14H18FNO2. The first-order chi connectivity index (χ1) is 8.66. The van der Waals surface area contributed by atoms with Crippen LogP contribution in [0.15, 0.2) is 12.1 Å². The van der Waals surface area contributed by atoms with Crippen LogP contribution in [0.1, 0.15) is 37.1 Å². The van der Waals surface area contributed by atoms with E-state index in [1.807, 2.05) is 6.07 Å². The number of benzene rings is 1. The van der Waals surface area contributed by atoms with Gasteiger partial charge in [-0.3, -0.25) is 0 Å². The molecule has 1 aromatic rings. The number of ether oxygens (including phenoxy) is 2. The standard InChI is InChI=1S/C14H18FNO2/c1-9(15)10-6-12-13(18-5-4-17-12)7-11(10)14(8-16)2-3-14/h6-7,9H,2-5,8,16H2,1H3. The Hall–Kier alpha value is -1.29. The first-order valence-electron chi connectivity index (χ1n) is 6.44. The zero-order chi connectivity index (χ0) is 12.8. The average molecular weight is 251 g/mol. The van der Waals surface area contributed by atoms with E-state index in [4.69, 9.17) is 15.2 Å². The zero-order valence-electron chi connectivity index (χ0n) is 10.5. The fraction of sp³-hybridized carbons (Fsp3) is 0.571. The van der Waals surface area contributed by atoms with Crippen LogP contribution in [0.5, 0.6) is 11.5 Å². The predicted molar refractivity (Wildman–Crippen MR) is 66.9 cm³/mol. The van der Waals surface area contributed by atoms with Gasteiger partial charge in [0.25, 0.3) is 0 Å². The van der Waals surface area contributed by atoms with Gasteiger partial charge in [-0.25, -0.2) is 4.39 Å². The fourth-order valence-electron chi connectivity index (χ4n) is 2.63. The molecule has 98 valence electrons. The third-order valence-electron chi connectivity index (χ3n) is 3.96. The molecule has 4 heteroatoms. The quantitative estimate of drug-likeness (QED) is 0.897. The van der Waals surface area contributed by atoms with Gasteiger partial charge in [0.15, 0.2) is 11.5 Å². The molecule has 1 heterocycles. The van der Waals surface area contributed by atoms with Crippen LogP contribution in [0.2, 0.25) is 0 Å². The lowest BCUT2D eigenvalue weighted by molar-refractivity contribution is 0.170. The molecule has 1 aromatic carbocycles. The van der Waals surface area contributed by atoms with E-state index in [0.717, 1.165) is 24.2 Å². The second kappa shape index (κ2) is 4.12. The Labute approximate surface area is 106 Å². The van der Waals surface area contributed by atoms with Crippen molar-refractivity contribution in [3.63, 3.8) is 0 Å². The average Bonchev–Trinajstić information content (AvgIpc) is 3.18. The Morgan fingerprint density at radius 1 is 1.28 bits per heavy atom. The summed E-state index contributed by atoms with van der Waals surface area (Å²) in [4.78, 5) is 0. The maximum atomic E-state index is 13.8. The lowest BCUT2D eigenvalue weighted by Gasteiger charge is -2.25. The van der Waals surface area contributed by atoms with E-state index in [1.54, 1.807) is 13.0 Å². The van der Waals surface area contributed by atoms with E-state index in [1.165, 1.54) is 0 Å². The number of fused-ring (bicyclic) bond motifs is 1. The minimum absolute atomic E-state index is 0.0362. The highest BCUT2D eigenvalue weighted by Crippen LogP contribution is 2.52. The highest BCUT2D eigenvalue weighted by atomic mass is 19.1. The van der Waals surface area contributed by atoms with Crippen LogP contribution in [0.4, 0.5) is 4.39 Å². The molecule has 3 rings (SSSR count). The van der Waals surface area contributed by atoms with Crippen LogP contribution in [0, 0.1) is 0 Å². The molecular weight excluding hydrogens is 233 g/mol. The smallest absolute Gasteiger partial charge is 0.161 e. The second-order valence-corrected chi connectivity index (χ2v) is 5.18. The normalized spacial score (nSPS) is 21.5. The van der Waals surface area contributed by atoms with Crippen molar-refractivity contribution in [2.75, 3.05) is 19.8 Å². The van der Waals surface area contributed by atoms with E-state index in [-0.39, 0.29) is 5.41 Å². The van der Waals surface area contributed by atoms with Crippen molar-refractivity contribution >= 4 is 0 Å². The van der Waals surface area contributed by atoms with Gasteiger partial charge in [-0.1, -0.05) is 0 Å². The summed E-state index contributed by atoms with van der Waals surface area (Å²) in [6.45, 7) is 3.19. The topological polar surface area (TPSA) is 44.5 Å². The summed E-state index contributed by atoms with van der Waals surface area (Å²) in [6, 6.07) is 3.71. The summed E-state index contributed by atoms with van der Waals surface area (Å²) in [7, 11) is 0. The lowest BCUT2D eigenvalue weighted by atomic mass is 9.89. The summed E-state index contributed by atoms with van der Waals surface area (Å²) in [5, 5.41) is 0. The molecule has 1 aliphatic carbocycles. The maximum absolute atomic E-state index is 13.8. The van der Waals surface area contributed by atoms with Gasteiger partial charge in [0.05, 0.1) is 0 Å². The van der Waals surface area contributed by atoms with E-state index < -0.39 is 6.17 Å². The van der Waals surface area contributed by atoms with Crippen LogP contribution in [-0.4, -0.2) is 19.8 Å². The molecule has 2 N–H and O–H groups in total. The summed E-state index contributed by atoms with van der Waals surface area (Å²) in [5.74, 6) is 1.37. The Bertz CT molecular complexity index is 469. The number of hydrogen-bond acceptors (Lipinski definition) is 3. The number of alkyl halides is 1. The molecule has 1 atom stereocenters. The van der Waals surface area contributed by atoms with Crippen molar-refractivity contribution in [2.24, 2.45) is 5.73 Å². The first kappa shape index (κ1) is 11.8. The predicted octanol–water partition coefficient (Wildman–Crippen LogP) is 2.48. The molecule has 0 amide bonds. The van der Waals surface area contributed by atoms with Crippen molar-refractivity contribution < 1.29 is 13.9 Å². The van der Waals surface area contributed by atoms with Gasteiger partial charge in [-0.2, -0.15) is 0 Å². The molecule has 1 saturated carbocycles. The number of halogens is 1. The highest BCUT2D eigenvalue weighted by Gasteiger charge is 2.45. The molecule has 1 fully saturated rings. The van der Waals surface area contributed by atoms with Gasteiger partial charge in [-0.15, -0.1) is 0 Å². The Morgan fingerprint density at radius 3 is 2.39 bits per heavy atom. The highest BCUT2D eigenvalue weighted by molar-refractivity contribution is 5.53. The minimum atomic E-state index is -1.01. The largest absolute Gasteiger partial charge is 0.486 e.